The molecule has 1 aromatic heterocycles. The second-order valence-corrected chi connectivity index (χ2v) is 7.75. The molecule has 0 saturated carbocycles. The summed E-state index contributed by atoms with van der Waals surface area (Å²) in [6, 6.07) is 7.39. The lowest BCUT2D eigenvalue weighted by Crippen LogP contribution is -2.21. The Kier molecular flexibility index (Phi) is 5.95. The first-order valence-corrected chi connectivity index (χ1v) is 9.58. The Morgan fingerprint density at radius 1 is 1.13 bits per heavy atom. The van der Waals surface area contributed by atoms with E-state index >= 15 is 0 Å². The number of benzene rings is 2. The molecule has 2 aromatic carbocycles. The van der Waals surface area contributed by atoms with Crippen LogP contribution in [0.5, 0.6) is 0 Å². The number of anilines is 2. The van der Waals surface area contributed by atoms with Gasteiger partial charge < -0.3 is 0 Å². The smallest absolute Gasteiger partial charge is 0.278 e. The molecular weight excluding hydrogens is 453 g/mol. The molecule has 0 aliphatic rings. The van der Waals surface area contributed by atoms with E-state index in [4.69, 9.17) is 11.6 Å². The third kappa shape index (κ3) is 4.08. The molecule has 0 spiro atoms. The minimum absolute atomic E-state index is 0.0720. The van der Waals surface area contributed by atoms with Crippen LogP contribution in [-0.4, -0.2) is 20.4 Å². The molecular formula is C18H11ClF5N3O2S. The van der Waals surface area contributed by atoms with E-state index in [1.165, 1.54) is 24.3 Å². The van der Waals surface area contributed by atoms with Crippen LogP contribution in [0, 0.1) is 11.6 Å². The Hall–Kier alpha value is -2.79. The van der Waals surface area contributed by atoms with E-state index in [0.717, 1.165) is 19.2 Å². The van der Waals surface area contributed by atoms with Gasteiger partial charge in [-0.15, -0.1) is 0 Å². The number of nitrogens with zero attached hydrogens (tertiary/aromatic N) is 3. The summed E-state index contributed by atoms with van der Waals surface area (Å²) < 4.78 is 82.2. The molecule has 1 atom stereocenters. The molecule has 12 heteroatoms. The van der Waals surface area contributed by atoms with E-state index in [0.29, 0.717) is 20.7 Å². The Labute approximate surface area is 174 Å². The molecule has 1 heterocycles. The Morgan fingerprint density at radius 2 is 1.77 bits per heavy atom. The Bertz CT molecular complexity index is 1130. The van der Waals surface area contributed by atoms with Crippen LogP contribution in [0.25, 0.3) is 0 Å². The summed E-state index contributed by atoms with van der Waals surface area (Å²) in [6.45, 7) is 0. The highest BCUT2D eigenvalue weighted by atomic mass is 35.5. The van der Waals surface area contributed by atoms with Gasteiger partial charge in [-0.3, -0.25) is 14.4 Å². The van der Waals surface area contributed by atoms with Crippen molar-refractivity contribution in [3.05, 3.63) is 64.8 Å². The first-order chi connectivity index (χ1) is 14.0. The highest BCUT2D eigenvalue weighted by Crippen LogP contribution is 2.42. The highest BCUT2D eigenvalue weighted by molar-refractivity contribution is 7.85. The molecule has 0 aliphatic heterocycles. The van der Waals surface area contributed by atoms with Gasteiger partial charge in [-0.2, -0.15) is 18.3 Å². The van der Waals surface area contributed by atoms with Crippen molar-refractivity contribution in [3.63, 3.8) is 0 Å². The topological polar surface area (TPSA) is 55.2 Å². The fourth-order valence-electron chi connectivity index (χ4n) is 2.69. The Morgan fingerprint density at radius 3 is 2.30 bits per heavy atom. The number of amides is 1. The zero-order valence-corrected chi connectivity index (χ0v) is 16.5. The molecule has 5 nitrogen and oxygen atoms in total. The van der Waals surface area contributed by atoms with Crippen LogP contribution in [0.3, 0.4) is 0 Å². The maximum Gasteiger partial charge on any atom is 0.437 e. The van der Waals surface area contributed by atoms with Crippen LogP contribution >= 0.6 is 11.6 Å². The number of carbonyl (C=O) groups is 1. The molecule has 0 bridgehead atoms. The normalized spacial score (nSPS) is 12.6. The van der Waals surface area contributed by atoms with E-state index < -0.39 is 50.7 Å². The van der Waals surface area contributed by atoms with Gasteiger partial charge in [-0.1, -0.05) is 11.6 Å². The summed E-state index contributed by atoms with van der Waals surface area (Å²) in [5.41, 5.74) is -3.16. The van der Waals surface area contributed by atoms with E-state index in [1.807, 2.05) is 0 Å². The third-order valence-corrected chi connectivity index (χ3v) is 5.72. The van der Waals surface area contributed by atoms with Crippen LogP contribution in [-0.2, 0) is 28.8 Å². The molecule has 158 valence electrons. The number of hydrogen-bond donors (Lipinski definition) is 0. The molecule has 1 amide bonds. The minimum atomic E-state index is -5.06. The van der Waals surface area contributed by atoms with Crippen molar-refractivity contribution in [2.75, 3.05) is 4.90 Å². The second-order valence-electron chi connectivity index (χ2n) is 5.92. The number of halogens is 6. The summed E-state index contributed by atoms with van der Waals surface area (Å²) in [6.07, 6.45) is -5.15. The monoisotopic (exact) mass is 463 g/mol. The van der Waals surface area contributed by atoms with Crippen LogP contribution < -0.4 is 4.90 Å². The first kappa shape index (κ1) is 21.9. The van der Waals surface area contributed by atoms with Crippen molar-refractivity contribution in [3.8, 4) is 0 Å². The molecule has 0 saturated heterocycles. The lowest BCUT2D eigenvalue weighted by molar-refractivity contribution is -0.140. The average Bonchev–Trinajstić information content (AvgIpc) is 3.01. The summed E-state index contributed by atoms with van der Waals surface area (Å²) in [7, 11) is -1.15. The number of alkyl halides is 3. The molecule has 0 N–H and O–H groups in total. The maximum atomic E-state index is 14.3. The highest BCUT2D eigenvalue weighted by Gasteiger charge is 2.43. The molecule has 3 aromatic rings. The van der Waals surface area contributed by atoms with Gasteiger partial charge in [0.25, 0.3) is 0 Å². The molecule has 30 heavy (non-hydrogen) atoms. The first-order valence-electron chi connectivity index (χ1n) is 8.05. The van der Waals surface area contributed by atoms with Gasteiger partial charge in [0.15, 0.2) is 10.7 Å². The lowest BCUT2D eigenvalue weighted by Gasteiger charge is -2.20. The SMILES string of the molecule is Cn1nc(C(F)(F)F)c(N(C=O)c2ccc(F)cc2F)c1S(=O)c1ccc(Cl)cc1. The van der Waals surface area contributed by atoms with Gasteiger partial charge in [0.2, 0.25) is 6.41 Å². The van der Waals surface area contributed by atoms with Crippen molar-refractivity contribution in [1.29, 1.82) is 0 Å². The van der Waals surface area contributed by atoms with Gasteiger partial charge in [0.1, 0.15) is 28.1 Å². The van der Waals surface area contributed by atoms with Gasteiger partial charge >= 0.3 is 6.18 Å². The van der Waals surface area contributed by atoms with Crippen molar-refractivity contribution >= 4 is 40.2 Å². The number of aryl methyl sites for hydroxylation is 1. The van der Waals surface area contributed by atoms with Crippen molar-refractivity contribution in [2.45, 2.75) is 16.1 Å². The molecule has 0 fully saturated rings. The predicted molar refractivity (Wildman–Crippen MR) is 98.9 cm³/mol. The number of aromatic nitrogens is 2. The van der Waals surface area contributed by atoms with Crippen LogP contribution in [0.2, 0.25) is 5.02 Å². The summed E-state index contributed by atoms with van der Waals surface area (Å²) >= 11 is 5.78. The number of rotatable bonds is 5. The van der Waals surface area contributed by atoms with E-state index in [1.54, 1.807) is 0 Å². The van der Waals surface area contributed by atoms with Gasteiger partial charge in [-0.05, 0) is 36.4 Å². The van der Waals surface area contributed by atoms with Gasteiger partial charge in [-0.25, -0.2) is 13.0 Å². The maximum absolute atomic E-state index is 14.3. The lowest BCUT2D eigenvalue weighted by atomic mass is 10.2. The zero-order chi connectivity index (χ0) is 22.2. The second kappa shape index (κ2) is 8.15. The van der Waals surface area contributed by atoms with Gasteiger partial charge in [0, 0.05) is 23.0 Å². The largest absolute Gasteiger partial charge is 0.437 e. The van der Waals surface area contributed by atoms with E-state index in [9.17, 15) is 31.0 Å². The molecule has 0 aliphatic carbocycles. The average molecular weight is 464 g/mol. The number of hydrogen-bond acceptors (Lipinski definition) is 3. The van der Waals surface area contributed by atoms with Crippen molar-refractivity contribution < 1.29 is 31.0 Å². The molecule has 3 rings (SSSR count). The quantitative estimate of drug-likeness (QED) is 0.402. The summed E-state index contributed by atoms with van der Waals surface area (Å²) in [5.74, 6) is -2.28. The van der Waals surface area contributed by atoms with E-state index in [2.05, 4.69) is 5.10 Å². The van der Waals surface area contributed by atoms with Gasteiger partial charge in [0.05, 0.1) is 5.69 Å². The standard InChI is InChI=1S/C18H11ClF5N3O2S/c1-26-17(30(29)12-5-2-10(19)3-6-12)15(16(25-26)18(22,23)24)27(9-28)14-7-4-11(20)8-13(14)21/h2-9H,1H3. The van der Waals surface area contributed by atoms with Crippen molar-refractivity contribution in [1.82, 2.24) is 9.78 Å². The van der Waals surface area contributed by atoms with Crippen LogP contribution in [0.15, 0.2) is 52.4 Å². The summed E-state index contributed by atoms with van der Waals surface area (Å²) in [5, 5.41) is 3.16. The zero-order valence-electron chi connectivity index (χ0n) is 15.0. The minimum Gasteiger partial charge on any atom is -0.278 e. The van der Waals surface area contributed by atoms with Crippen LogP contribution in [0.1, 0.15) is 5.69 Å². The summed E-state index contributed by atoms with van der Waals surface area (Å²) in [4.78, 5) is 12.1. The fraction of sp³-hybridized carbons (Fsp3) is 0.111. The predicted octanol–water partition coefficient (Wildman–Crippen LogP) is 4.83. The number of carbonyl (C=O) groups excluding carboxylic acids is 1. The fourth-order valence-corrected chi connectivity index (χ4v) is 4.07. The van der Waals surface area contributed by atoms with Crippen molar-refractivity contribution in [2.24, 2.45) is 7.05 Å². The van der Waals surface area contributed by atoms with E-state index in [-0.39, 0.29) is 11.3 Å². The molecule has 1 unspecified atom stereocenters. The molecule has 0 radical (unpaired) electrons. The Balaban J connectivity index is 2.29. The van der Waals surface area contributed by atoms with Crippen LogP contribution in [0.4, 0.5) is 33.3 Å². The third-order valence-electron chi connectivity index (χ3n) is 3.96.